The van der Waals surface area contributed by atoms with E-state index in [1.165, 1.54) is 30.4 Å². The Morgan fingerprint density at radius 2 is 1.77 bits per heavy atom. The lowest BCUT2D eigenvalue weighted by atomic mass is 10.2. The van der Waals surface area contributed by atoms with Gasteiger partial charge in [0, 0.05) is 10.9 Å². The molecule has 0 aliphatic carbocycles. The normalized spacial score (nSPS) is 11.3. The molecule has 0 saturated carbocycles. The molecule has 7 heteroatoms. The van der Waals surface area contributed by atoms with E-state index in [4.69, 9.17) is 4.74 Å². The highest BCUT2D eigenvalue weighted by molar-refractivity contribution is 7.91. The molecule has 3 rings (SSSR count). The van der Waals surface area contributed by atoms with Crippen molar-refractivity contribution in [3.05, 3.63) is 71.2 Å². The quantitative estimate of drug-likeness (QED) is 0.599. The molecule has 0 radical (unpaired) electrons. The van der Waals surface area contributed by atoms with Crippen molar-refractivity contribution < 1.29 is 17.9 Å². The molecule has 0 spiro atoms. The van der Waals surface area contributed by atoms with Gasteiger partial charge in [0.15, 0.2) is 9.84 Å². The number of esters is 1. The summed E-state index contributed by atoms with van der Waals surface area (Å²) < 4.78 is 29.6. The molecule has 5 nitrogen and oxygen atoms in total. The maximum Gasteiger partial charge on any atom is 0.339 e. The Hall–Kier alpha value is -2.51. The third kappa shape index (κ3) is 4.00. The van der Waals surface area contributed by atoms with Crippen LogP contribution in [0.2, 0.25) is 0 Å². The average Bonchev–Trinajstić information content (AvgIpc) is 3.16. The van der Waals surface area contributed by atoms with Crippen LogP contribution in [-0.4, -0.2) is 25.1 Å². The molecule has 2 aromatic carbocycles. The summed E-state index contributed by atoms with van der Waals surface area (Å²) in [5.74, 6) is -0.754. The standard InChI is InChI=1S/C19H17NO4S2/c1-2-26(22,23)17-11-7-6-10-16(17)19(21)24-12-15-13-25-18(20-15)14-8-4-3-5-9-14/h3-11,13H,2,12H2,1H3. The van der Waals surface area contributed by atoms with Gasteiger partial charge in [-0.15, -0.1) is 11.3 Å². The van der Waals surface area contributed by atoms with Crippen LogP contribution in [0.25, 0.3) is 10.6 Å². The molecule has 3 aromatic rings. The molecule has 0 N–H and O–H groups in total. The van der Waals surface area contributed by atoms with E-state index in [9.17, 15) is 13.2 Å². The number of rotatable bonds is 6. The second-order valence-corrected chi connectivity index (χ2v) is 8.59. The Bertz CT molecular complexity index is 1010. The highest BCUT2D eigenvalue weighted by atomic mass is 32.2. The monoisotopic (exact) mass is 387 g/mol. The minimum absolute atomic E-state index is 0.00393. The van der Waals surface area contributed by atoms with Gasteiger partial charge >= 0.3 is 5.97 Å². The molecule has 0 bridgehead atoms. The topological polar surface area (TPSA) is 73.3 Å². The van der Waals surface area contributed by atoms with Crippen LogP contribution in [0.15, 0.2) is 64.9 Å². The zero-order valence-corrected chi connectivity index (χ0v) is 15.7. The lowest BCUT2D eigenvalue weighted by Gasteiger charge is -2.08. The van der Waals surface area contributed by atoms with Crippen LogP contribution in [0.3, 0.4) is 0 Å². The first-order valence-electron chi connectivity index (χ1n) is 8.00. The molecule has 1 heterocycles. The van der Waals surface area contributed by atoms with Gasteiger partial charge in [0.25, 0.3) is 0 Å². The van der Waals surface area contributed by atoms with E-state index in [2.05, 4.69) is 4.98 Å². The summed E-state index contributed by atoms with van der Waals surface area (Å²) in [4.78, 5) is 16.8. The summed E-state index contributed by atoms with van der Waals surface area (Å²) in [7, 11) is -3.50. The SMILES string of the molecule is CCS(=O)(=O)c1ccccc1C(=O)OCc1csc(-c2ccccc2)n1. The summed E-state index contributed by atoms with van der Waals surface area (Å²) in [6, 6.07) is 15.8. The summed E-state index contributed by atoms with van der Waals surface area (Å²) >= 11 is 1.46. The number of hydrogen-bond donors (Lipinski definition) is 0. The Morgan fingerprint density at radius 3 is 2.50 bits per heavy atom. The van der Waals surface area contributed by atoms with Crippen LogP contribution < -0.4 is 0 Å². The molecular weight excluding hydrogens is 370 g/mol. The first kappa shape index (κ1) is 18.3. The van der Waals surface area contributed by atoms with E-state index in [1.807, 2.05) is 35.7 Å². The van der Waals surface area contributed by atoms with Gasteiger partial charge in [-0.05, 0) is 12.1 Å². The molecule has 26 heavy (non-hydrogen) atoms. The first-order valence-corrected chi connectivity index (χ1v) is 10.5. The second-order valence-electron chi connectivity index (χ2n) is 5.49. The zero-order valence-electron chi connectivity index (χ0n) is 14.1. The fourth-order valence-corrected chi connectivity index (χ4v) is 4.26. The lowest BCUT2D eigenvalue weighted by molar-refractivity contribution is 0.0464. The van der Waals surface area contributed by atoms with Crippen molar-refractivity contribution in [2.75, 3.05) is 5.75 Å². The van der Waals surface area contributed by atoms with Gasteiger partial charge in [0.2, 0.25) is 0 Å². The second kappa shape index (κ2) is 7.80. The Morgan fingerprint density at radius 1 is 1.08 bits per heavy atom. The third-order valence-corrected chi connectivity index (χ3v) is 6.47. The summed E-state index contributed by atoms with van der Waals surface area (Å²) in [6.07, 6.45) is 0. The highest BCUT2D eigenvalue weighted by Gasteiger charge is 2.21. The minimum Gasteiger partial charge on any atom is -0.456 e. The van der Waals surface area contributed by atoms with Gasteiger partial charge in [-0.3, -0.25) is 0 Å². The summed E-state index contributed by atoms with van der Waals surface area (Å²) in [5, 5.41) is 2.66. The van der Waals surface area contributed by atoms with E-state index in [0.29, 0.717) is 5.69 Å². The largest absolute Gasteiger partial charge is 0.456 e. The van der Waals surface area contributed by atoms with Crippen LogP contribution >= 0.6 is 11.3 Å². The number of carbonyl (C=O) groups excluding carboxylic acids is 1. The minimum atomic E-state index is -3.50. The number of carbonyl (C=O) groups is 1. The molecule has 0 aliphatic heterocycles. The van der Waals surface area contributed by atoms with Crippen molar-refractivity contribution in [2.45, 2.75) is 18.4 Å². The van der Waals surface area contributed by atoms with Crippen LogP contribution in [0.4, 0.5) is 0 Å². The predicted octanol–water partition coefficient (Wildman–Crippen LogP) is 3.96. The predicted molar refractivity (Wildman–Crippen MR) is 101 cm³/mol. The van der Waals surface area contributed by atoms with Gasteiger partial charge in [-0.25, -0.2) is 18.2 Å². The number of thiazole rings is 1. The number of nitrogens with zero attached hydrogens (tertiary/aromatic N) is 1. The lowest BCUT2D eigenvalue weighted by Crippen LogP contribution is -2.13. The number of benzene rings is 2. The van der Waals surface area contributed by atoms with Gasteiger partial charge in [-0.1, -0.05) is 49.4 Å². The Labute approximate surface area is 156 Å². The van der Waals surface area contributed by atoms with Gasteiger partial charge < -0.3 is 4.74 Å². The summed E-state index contributed by atoms with van der Waals surface area (Å²) in [6.45, 7) is 1.53. The number of hydrogen-bond acceptors (Lipinski definition) is 6. The molecule has 134 valence electrons. The van der Waals surface area contributed by atoms with E-state index in [0.717, 1.165) is 10.6 Å². The smallest absolute Gasteiger partial charge is 0.339 e. The van der Waals surface area contributed by atoms with Crippen LogP contribution in [0.1, 0.15) is 23.0 Å². The molecule has 0 amide bonds. The number of aromatic nitrogens is 1. The molecule has 0 saturated heterocycles. The van der Waals surface area contributed by atoms with E-state index >= 15 is 0 Å². The average molecular weight is 387 g/mol. The molecule has 0 atom stereocenters. The van der Waals surface area contributed by atoms with Gasteiger partial charge in [-0.2, -0.15) is 0 Å². The number of sulfone groups is 1. The number of ether oxygens (including phenoxy) is 1. The third-order valence-electron chi connectivity index (χ3n) is 3.75. The van der Waals surface area contributed by atoms with E-state index < -0.39 is 15.8 Å². The fraction of sp³-hybridized carbons (Fsp3) is 0.158. The van der Waals surface area contributed by atoms with Crippen molar-refractivity contribution in [3.8, 4) is 10.6 Å². The molecule has 0 aliphatic rings. The maximum atomic E-state index is 12.4. The van der Waals surface area contributed by atoms with Crippen LogP contribution in [-0.2, 0) is 21.2 Å². The molecule has 0 unspecified atom stereocenters. The fourth-order valence-electron chi connectivity index (χ4n) is 2.37. The van der Waals surface area contributed by atoms with Crippen molar-refractivity contribution in [3.63, 3.8) is 0 Å². The van der Waals surface area contributed by atoms with Crippen LogP contribution in [0, 0.1) is 0 Å². The van der Waals surface area contributed by atoms with Crippen molar-refractivity contribution in [2.24, 2.45) is 0 Å². The molecule has 0 fully saturated rings. The van der Waals surface area contributed by atoms with Crippen molar-refractivity contribution in [1.29, 1.82) is 0 Å². The van der Waals surface area contributed by atoms with Crippen LogP contribution in [0.5, 0.6) is 0 Å². The zero-order chi connectivity index (χ0) is 18.6. The Balaban J connectivity index is 1.74. The first-order chi connectivity index (χ1) is 12.5. The summed E-state index contributed by atoms with van der Waals surface area (Å²) in [5.41, 5.74) is 1.67. The van der Waals surface area contributed by atoms with E-state index in [-0.39, 0.29) is 22.8 Å². The van der Waals surface area contributed by atoms with Gasteiger partial charge in [0.05, 0.1) is 21.9 Å². The van der Waals surface area contributed by atoms with E-state index in [1.54, 1.807) is 12.1 Å². The maximum absolute atomic E-state index is 12.4. The Kier molecular flexibility index (Phi) is 5.49. The highest BCUT2D eigenvalue weighted by Crippen LogP contribution is 2.24. The van der Waals surface area contributed by atoms with Crippen molar-refractivity contribution >= 4 is 27.1 Å². The van der Waals surface area contributed by atoms with Crippen molar-refractivity contribution in [1.82, 2.24) is 4.98 Å². The molecule has 1 aromatic heterocycles. The molecular formula is C19H17NO4S2. The van der Waals surface area contributed by atoms with Gasteiger partial charge in [0.1, 0.15) is 11.6 Å².